The van der Waals surface area contributed by atoms with Crippen LogP contribution < -0.4 is 5.32 Å². The average molecular weight is 435 g/mol. The van der Waals surface area contributed by atoms with Gasteiger partial charge in [0, 0.05) is 30.2 Å². The van der Waals surface area contributed by atoms with Crippen molar-refractivity contribution in [2.75, 3.05) is 5.32 Å². The third kappa shape index (κ3) is 5.18. The summed E-state index contributed by atoms with van der Waals surface area (Å²) in [4.78, 5) is 16.5. The first-order valence-corrected chi connectivity index (χ1v) is 10.2. The lowest BCUT2D eigenvalue weighted by Gasteiger charge is -2.14. The molecule has 1 amide bonds. The number of rotatable bonds is 7. The maximum absolute atomic E-state index is 12.7. The second-order valence-corrected chi connectivity index (χ2v) is 7.83. The zero-order valence-electron chi connectivity index (χ0n) is 16.3. The Balaban J connectivity index is 1.71. The summed E-state index contributed by atoms with van der Waals surface area (Å²) in [5.74, 6) is 0.355. The lowest BCUT2D eigenvalue weighted by molar-refractivity contribution is -0.137. The van der Waals surface area contributed by atoms with Crippen molar-refractivity contribution in [2.45, 2.75) is 43.4 Å². The fourth-order valence-electron chi connectivity index (χ4n) is 2.71. The van der Waals surface area contributed by atoms with Crippen LogP contribution in [0.25, 0.3) is 11.4 Å². The maximum Gasteiger partial charge on any atom is 0.416 e. The molecule has 158 valence electrons. The van der Waals surface area contributed by atoms with Gasteiger partial charge in [-0.1, -0.05) is 18.7 Å². The summed E-state index contributed by atoms with van der Waals surface area (Å²) in [6, 6.07) is 8.02. The first-order chi connectivity index (χ1) is 14.3. The lowest BCUT2D eigenvalue weighted by atomic mass is 10.2. The third-order valence-corrected chi connectivity index (χ3v) is 5.31. The van der Waals surface area contributed by atoms with Gasteiger partial charge in [0.2, 0.25) is 5.91 Å². The van der Waals surface area contributed by atoms with Gasteiger partial charge in [-0.05, 0) is 49.7 Å². The average Bonchev–Trinajstić information content (AvgIpc) is 3.11. The largest absolute Gasteiger partial charge is 0.416 e. The van der Waals surface area contributed by atoms with E-state index in [0.29, 0.717) is 23.2 Å². The van der Waals surface area contributed by atoms with Crippen LogP contribution in [-0.2, 0) is 17.5 Å². The molecule has 0 bridgehead atoms. The monoisotopic (exact) mass is 435 g/mol. The van der Waals surface area contributed by atoms with Crippen molar-refractivity contribution >= 4 is 23.4 Å². The number of anilines is 1. The van der Waals surface area contributed by atoms with E-state index in [1.54, 1.807) is 19.3 Å². The van der Waals surface area contributed by atoms with Crippen LogP contribution in [0.15, 0.2) is 53.9 Å². The zero-order valence-corrected chi connectivity index (χ0v) is 17.2. The van der Waals surface area contributed by atoms with Gasteiger partial charge in [0.25, 0.3) is 0 Å². The van der Waals surface area contributed by atoms with Crippen LogP contribution in [0.5, 0.6) is 0 Å². The number of benzene rings is 1. The molecular weight excluding hydrogens is 415 g/mol. The molecule has 0 aliphatic heterocycles. The van der Waals surface area contributed by atoms with E-state index < -0.39 is 17.0 Å². The number of hydrogen-bond donors (Lipinski definition) is 1. The molecule has 0 radical (unpaired) electrons. The van der Waals surface area contributed by atoms with Crippen molar-refractivity contribution in [3.63, 3.8) is 0 Å². The van der Waals surface area contributed by atoms with E-state index in [1.807, 2.05) is 23.6 Å². The number of nitrogens with one attached hydrogen (secondary N) is 1. The van der Waals surface area contributed by atoms with Gasteiger partial charge < -0.3 is 9.88 Å². The standard InChI is InChI=1S/C20H20F3N5OS/c1-3-12-28-17(14-8-10-24-11-9-14)26-27-19(28)30-13(2)18(29)25-16-6-4-15(5-7-16)20(21,22)23/h4-11,13H,3,12H2,1-2H3,(H,25,29). The molecule has 2 heterocycles. The number of carbonyl (C=O) groups is 1. The first kappa shape index (κ1) is 21.8. The molecule has 0 fully saturated rings. The summed E-state index contributed by atoms with van der Waals surface area (Å²) in [6.07, 6.45) is -0.210. The Morgan fingerprint density at radius 1 is 1.13 bits per heavy atom. The Morgan fingerprint density at radius 3 is 2.40 bits per heavy atom. The summed E-state index contributed by atoms with van der Waals surface area (Å²) < 4.78 is 40.0. The third-order valence-electron chi connectivity index (χ3n) is 4.23. The lowest BCUT2D eigenvalue weighted by Crippen LogP contribution is -2.23. The highest BCUT2D eigenvalue weighted by Gasteiger charge is 2.30. The minimum Gasteiger partial charge on any atom is -0.325 e. The minimum absolute atomic E-state index is 0.299. The van der Waals surface area contributed by atoms with Crippen molar-refractivity contribution < 1.29 is 18.0 Å². The van der Waals surface area contributed by atoms with Crippen molar-refractivity contribution in [2.24, 2.45) is 0 Å². The normalized spacial score (nSPS) is 12.6. The fourth-order valence-corrected chi connectivity index (χ4v) is 3.59. The molecule has 0 saturated heterocycles. The molecule has 10 heteroatoms. The molecule has 0 spiro atoms. The van der Waals surface area contributed by atoms with E-state index in [2.05, 4.69) is 20.5 Å². The predicted octanol–water partition coefficient (Wildman–Crippen LogP) is 4.89. The van der Waals surface area contributed by atoms with Gasteiger partial charge in [-0.25, -0.2) is 0 Å². The van der Waals surface area contributed by atoms with Crippen molar-refractivity contribution in [3.8, 4) is 11.4 Å². The molecule has 2 aromatic heterocycles. The van der Waals surface area contributed by atoms with Gasteiger partial charge in [0.05, 0.1) is 10.8 Å². The summed E-state index contributed by atoms with van der Waals surface area (Å²) in [7, 11) is 0. The van der Waals surface area contributed by atoms with E-state index in [4.69, 9.17) is 0 Å². The number of thioether (sulfide) groups is 1. The Kier molecular flexibility index (Phi) is 6.76. The van der Waals surface area contributed by atoms with E-state index >= 15 is 0 Å². The quantitative estimate of drug-likeness (QED) is 0.535. The number of alkyl halides is 3. The van der Waals surface area contributed by atoms with Gasteiger partial charge in [-0.3, -0.25) is 9.78 Å². The van der Waals surface area contributed by atoms with Crippen molar-refractivity contribution in [3.05, 3.63) is 54.4 Å². The second kappa shape index (κ2) is 9.29. The molecule has 1 unspecified atom stereocenters. The molecule has 3 rings (SSSR count). The Labute approximate surface area is 175 Å². The van der Waals surface area contributed by atoms with Gasteiger partial charge >= 0.3 is 6.18 Å². The van der Waals surface area contributed by atoms with E-state index in [-0.39, 0.29) is 5.91 Å². The highest BCUT2D eigenvalue weighted by molar-refractivity contribution is 8.00. The highest BCUT2D eigenvalue weighted by Crippen LogP contribution is 2.30. The highest BCUT2D eigenvalue weighted by atomic mass is 32.2. The predicted molar refractivity (Wildman–Crippen MR) is 109 cm³/mol. The summed E-state index contributed by atoms with van der Waals surface area (Å²) in [6.45, 7) is 4.42. The van der Waals surface area contributed by atoms with E-state index in [1.165, 1.54) is 23.9 Å². The molecular formula is C20H20F3N5OS. The van der Waals surface area contributed by atoms with Crippen molar-refractivity contribution in [1.82, 2.24) is 19.7 Å². The number of amides is 1. The topological polar surface area (TPSA) is 72.7 Å². The molecule has 30 heavy (non-hydrogen) atoms. The van der Waals surface area contributed by atoms with Crippen LogP contribution in [0.4, 0.5) is 18.9 Å². The summed E-state index contributed by atoms with van der Waals surface area (Å²) in [5, 5.41) is 11.2. The van der Waals surface area contributed by atoms with Gasteiger partial charge in [-0.15, -0.1) is 10.2 Å². The number of carbonyl (C=O) groups excluding carboxylic acids is 1. The van der Waals surface area contributed by atoms with Crippen LogP contribution in [-0.4, -0.2) is 30.9 Å². The Bertz CT molecular complexity index is 990. The van der Waals surface area contributed by atoms with Crippen LogP contribution >= 0.6 is 11.8 Å². The minimum atomic E-state index is -4.42. The SMILES string of the molecule is CCCn1c(SC(C)C(=O)Nc2ccc(C(F)(F)F)cc2)nnc1-c1ccncc1. The van der Waals surface area contributed by atoms with E-state index in [9.17, 15) is 18.0 Å². The maximum atomic E-state index is 12.7. The number of halogens is 3. The fraction of sp³-hybridized carbons (Fsp3) is 0.300. The molecule has 0 aliphatic carbocycles. The van der Waals surface area contributed by atoms with Gasteiger partial charge in [0.15, 0.2) is 11.0 Å². The smallest absolute Gasteiger partial charge is 0.325 e. The number of aromatic nitrogens is 4. The molecule has 1 atom stereocenters. The molecule has 1 N–H and O–H groups in total. The molecule has 6 nitrogen and oxygen atoms in total. The molecule has 1 aromatic carbocycles. The first-order valence-electron chi connectivity index (χ1n) is 9.28. The van der Waals surface area contributed by atoms with Crippen LogP contribution in [0.2, 0.25) is 0 Å². The summed E-state index contributed by atoms with van der Waals surface area (Å²) in [5.41, 5.74) is 0.409. The van der Waals surface area contributed by atoms with Crippen molar-refractivity contribution in [1.29, 1.82) is 0 Å². The molecule has 0 saturated carbocycles. The number of pyridine rings is 1. The van der Waals surface area contributed by atoms with Crippen LogP contribution in [0, 0.1) is 0 Å². The molecule has 0 aliphatic rings. The number of hydrogen-bond acceptors (Lipinski definition) is 5. The molecule has 3 aromatic rings. The zero-order chi connectivity index (χ0) is 21.7. The van der Waals surface area contributed by atoms with Crippen LogP contribution in [0.1, 0.15) is 25.8 Å². The van der Waals surface area contributed by atoms with Gasteiger partial charge in [0.1, 0.15) is 0 Å². The number of nitrogens with zero attached hydrogens (tertiary/aromatic N) is 4. The van der Waals surface area contributed by atoms with Crippen LogP contribution in [0.3, 0.4) is 0 Å². The Morgan fingerprint density at radius 2 is 1.80 bits per heavy atom. The van der Waals surface area contributed by atoms with E-state index in [0.717, 1.165) is 24.1 Å². The summed E-state index contributed by atoms with van der Waals surface area (Å²) >= 11 is 1.24. The Hall–Kier alpha value is -2.88. The second-order valence-electron chi connectivity index (χ2n) is 6.52. The van der Waals surface area contributed by atoms with Gasteiger partial charge in [-0.2, -0.15) is 13.2 Å².